The van der Waals surface area contributed by atoms with Crippen LogP contribution in [0.15, 0.2) is 5.16 Å². The summed E-state index contributed by atoms with van der Waals surface area (Å²) < 4.78 is 4.89. The Balaban J connectivity index is 3.21. The third kappa shape index (κ3) is 3.69. The number of aliphatic carboxylic acids is 1. The summed E-state index contributed by atoms with van der Waals surface area (Å²) >= 11 is 0. The third-order valence-electron chi connectivity index (χ3n) is 3.18. The van der Waals surface area contributed by atoms with Crippen LogP contribution in [0.5, 0.6) is 0 Å². The van der Waals surface area contributed by atoms with Crippen LogP contribution in [-0.2, 0) is 14.3 Å². The first-order chi connectivity index (χ1) is 10.2. The standard InChI is InChI=1S/C11H18N2O9/c1-4(15)12-7-5(13-21)2-11(20,10(18)19)22-9(7)8(17)6(16)3-14/h6-9,14,16-17,20-21H,2-3H2,1H3,(H,12,15)(H,18,19)/b13-5+/t6-,7-,8-,9-,11+/m1/s1. The van der Waals surface area contributed by atoms with E-state index < -0.39 is 55.0 Å². The minimum atomic E-state index is -2.82. The van der Waals surface area contributed by atoms with Gasteiger partial charge in [-0.3, -0.25) is 4.79 Å². The zero-order valence-electron chi connectivity index (χ0n) is 11.6. The van der Waals surface area contributed by atoms with E-state index in [0.29, 0.717) is 0 Å². The molecule has 22 heavy (non-hydrogen) atoms. The van der Waals surface area contributed by atoms with Crippen LogP contribution >= 0.6 is 0 Å². The molecule has 0 saturated carbocycles. The van der Waals surface area contributed by atoms with E-state index in [1.54, 1.807) is 0 Å². The molecular weight excluding hydrogens is 304 g/mol. The highest BCUT2D eigenvalue weighted by molar-refractivity contribution is 5.97. The average Bonchev–Trinajstić information content (AvgIpc) is 2.46. The van der Waals surface area contributed by atoms with Gasteiger partial charge >= 0.3 is 5.97 Å². The smallest absolute Gasteiger partial charge is 0.364 e. The zero-order valence-corrected chi connectivity index (χ0v) is 11.6. The maximum absolute atomic E-state index is 11.2. The van der Waals surface area contributed by atoms with Crippen molar-refractivity contribution in [2.24, 2.45) is 5.16 Å². The van der Waals surface area contributed by atoms with Crippen molar-refractivity contribution in [3.05, 3.63) is 0 Å². The molecule has 1 saturated heterocycles. The van der Waals surface area contributed by atoms with Gasteiger partial charge in [0, 0.05) is 6.92 Å². The molecule has 0 aliphatic carbocycles. The zero-order chi connectivity index (χ0) is 17.1. The number of carboxylic acid groups (broad SMARTS) is 1. The SMILES string of the molecule is CC(=O)N[C@@H]1/C(=N/O)C[C@@](O)(C(=O)O)O[C@H]1[C@H](O)[C@H](O)CO. The van der Waals surface area contributed by atoms with Crippen LogP contribution in [0.3, 0.4) is 0 Å². The summed E-state index contributed by atoms with van der Waals surface area (Å²) in [6.07, 6.45) is -6.06. The predicted molar refractivity (Wildman–Crippen MR) is 68.0 cm³/mol. The lowest BCUT2D eigenvalue weighted by atomic mass is 9.89. The summed E-state index contributed by atoms with van der Waals surface area (Å²) in [5.41, 5.74) is -0.375. The largest absolute Gasteiger partial charge is 0.477 e. The topological polar surface area (TPSA) is 189 Å². The number of rotatable bonds is 5. The van der Waals surface area contributed by atoms with Gasteiger partial charge in [0.15, 0.2) is 0 Å². The number of carbonyl (C=O) groups excluding carboxylic acids is 1. The Morgan fingerprint density at radius 1 is 1.50 bits per heavy atom. The number of amides is 1. The quantitative estimate of drug-likeness (QED) is 0.200. The van der Waals surface area contributed by atoms with Gasteiger partial charge in [-0.1, -0.05) is 5.16 Å². The van der Waals surface area contributed by atoms with Gasteiger partial charge < -0.3 is 40.8 Å². The van der Waals surface area contributed by atoms with Gasteiger partial charge in [0.25, 0.3) is 5.79 Å². The number of aliphatic hydroxyl groups is 4. The first-order valence-electron chi connectivity index (χ1n) is 6.24. The van der Waals surface area contributed by atoms with Gasteiger partial charge in [-0.05, 0) is 0 Å². The van der Waals surface area contributed by atoms with E-state index in [1.165, 1.54) is 0 Å². The molecule has 1 rings (SSSR count). The van der Waals surface area contributed by atoms with Crippen LogP contribution < -0.4 is 5.32 Å². The highest BCUT2D eigenvalue weighted by Gasteiger charge is 2.53. The number of nitrogens with one attached hydrogen (secondary N) is 1. The average molecular weight is 322 g/mol. The molecule has 5 atom stereocenters. The van der Waals surface area contributed by atoms with Crippen molar-refractivity contribution in [3.63, 3.8) is 0 Å². The molecule has 126 valence electrons. The molecule has 0 aromatic carbocycles. The van der Waals surface area contributed by atoms with Crippen molar-refractivity contribution in [2.45, 2.75) is 43.5 Å². The third-order valence-corrected chi connectivity index (χ3v) is 3.18. The van der Waals surface area contributed by atoms with Crippen molar-refractivity contribution in [2.75, 3.05) is 6.61 Å². The second-order valence-electron chi connectivity index (χ2n) is 4.86. The minimum absolute atomic E-state index is 0.375. The fraction of sp³-hybridized carbons (Fsp3) is 0.727. The Labute approximate surface area is 124 Å². The van der Waals surface area contributed by atoms with Crippen molar-refractivity contribution < 1.29 is 45.1 Å². The van der Waals surface area contributed by atoms with Crippen molar-refractivity contribution in [3.8, 4) is 0 Å². The Bertz CT molecular complexity index is 468. The molecule has 1 aliphatic heterocycles. The molecule has 1 heterocycles. The van der Waals surface area contributed by atoms with Gasteiger partial charge in [-0.2, -0.15) is 0 Å². The van der Waals surface area contributed by atoms with Crippen LogP contribution in [-0.4, -0.2) is 85.1 Å². The fourth-order valence-electron chi connectivity index (χ4n) is 2.08. The van der Waals surface area contributed by atoms with E-state index in [2.05, 4.69) is 10.5 Å². The van der Waals surface area contributed by atoms with Gasteiger partial charge in [-0.25, -0.2) is 4.79 Å². The van der Waals surface area contributed by atoms with E-state index in [4.69, 9.17) is 20.2 Å². The number of hydrogen-bond donors (Lipinski definition) is 7. The van der Waals surface area contributed by atoms with Crippen molar-refractivity contribution in [1.29, 1.82) is 0 Å². The Hall–Kier alpha value is -1.79. The molecule has 0 bridgehead atoms. The lowest BCUT2D eigenvalue weighted by Gasteiger charge is -2.42. The van der Waals surface area contributed by atoms with Gasteiger partial charge in [0.1, 0.15) is 18.3 Å². The molecule has 1 fully saturated rings. The molecule has 1 aliphatic rings. The Kier molecular flexibility index (Phi) is 5.79. The van der Waals surface area contributed by atoms with E-state index >= 15 is 0 Å². The maximum Gasteiger partial charge on any atom is 0.364 e. The van der Waals surface area contributed by atoms with E-state index in [9.17, 15) is 24.9 Å². The van der Waals surface area contributed by atoms with E-state index in [-0.39, 0.29) is 5.71 Å². The summed E-state index contributed by atoms with van der Waals surface area (Å²) in [6.45, 7) is 0.226. The summed E-state index contributed by atoms with van der Waals surface area (Å²) in [7, 11) is 0. The molecule has 0 spiro atoms. The summed E-state index contributed by atoms with van der Waals surface area (Å²) in [4.78, 5) is 22.3. The van der Waals surface area contributed by atoms with Crippen molar-refractivity contribution in [1.82, 2.24) is 5.32 Å². The molecule has 11 heteroatoms. The molecule has 0 radical (unpaired) electrons. The summed E-state index contributed by atoms with van der Waals surface area (Å²) in [6, 6.07) is -1.31. The number of oxime groups is 1. The first kappa shape index (κ1) is 18.3. The number of ether oxygens (including phenoxy) is 1. The normalized spacial score (nSPS) is 33.2. The van der Waals surface area contributed by atoms with Gasteiger partial charge in [0.2, 0.25) is 5.91 Å². The molecule has 0 unspecified atom stereocenters. The second kappa shape index (κ2) is 6.98. The lowest BCUT2D eigenvalue weighted by Crippen LogP contribution is -2.66. The molecule has 0 aromatic rings. The minimum Gasteiger partial charge on any atom is -0.477 e. The van der Waals surface area contributed by atoms with Crippen LogP contribution in [0.25, 0.3) is 0 Å². The molecule has 7 N–H and O–H groups in total. The maximum atomic E-state index is 11.2. The van der Waals surface area contributed by atoms with Crippen LogP contribution in [0.4, 0.5) is 0 Å². The van der Waals surface area contributed by atoms with Crippen LogP contribution in [0.1, 0.15) is 13.3 Å². The Morgan fingerprint density at radius 2 is 2.09 bits per heavy atom. The predicted octanol–water partition coefficient (Wildman–Crippen LogP) is -3.40. The van der Waals surface area contributed by atoms with Gasteiger partial charge in [-0.15, -0.1) is 0 Å². The number of hydrogen-bond acceptors (Lipinski definition) is 9. The number of carboxylic acids is 1. The molecule has 0 aromatic heterocycles. The highest BCUT2D eigenvalue weighted by atomic mass is 16.7. The number of nitrogens with zero attached hydrogens (tertiary/aromatic N) is 1. The van der Waals surface area contributed by atoms with E-state index in [0.717, 1.165) is 6.92 Å². The van der Waals surface area contributed by atoms with Crippen LogP contribution in [0, 0.1) is 0 Å². The number of aliphatic hydroxyl groups excluding tert-OH is 3. The van der Waals surface area contributed by atoms with E-state index in [1.807, 2.05) is 0 Å². The monoisotopic (exact) mass is 322 g/mol. The molecule has 1 amide bonds. The lowest BCUT2D eigenvalue weighted by molar-refractivity contribution is -0.263. The fourth-order valence-corrected chi connectivity index (χ4v) is 2.08. The first-order valence-corrected chi connectivity index (χ1v) is 6.24. The van der Waals surface area contributed by atoms with Crippen LogP contribution in [0.2, 0.25) is 0 Å². The van der Waals surface area contributed by atoms with Gasteiger partial charge in [0.05, 0.1) is 24.8 Å². The highest BCUT2D eigenvalue weighted by Crippen LogP contribution is 2.28. The molecular formula is C11H18N2O9. The summed E-state index contributed by atoms with van der Waals surface area (Å²) in [5.74, 6) is -5.26. The Morgan fingerprint density at radius 3 is 2.50 bits per heavy atom. The molecule has 11 nitrogen and oxygen atoms in total. The number of carbonyl (C=O) groups is 2. The second-order valence-corrected chi connectivity index (χ2v) is 4.86. The summed E-state index contributed by atoms with van der Waals surface area (Å²) in [5, 5.41) is 61.2. The van der Waals surface area contributed by atoms with Crippen molar-refractivity contribution >= 4 is 17.6 Å².